The predicted molar refractivity (Wildman–Crippen MR) is 50.8 cm³/mol. The van der Waals surface area contributed by atoms with E-state index in [2.05, 4.69) is 20.8 Å². The molecule has 0 aromatic carbocycles. The molecule has 0 aliphatic heterocycles. The molecule has 0 aromatic rings. The van der Waals surface area contributed by atoms with E-state index in [9.17, 15) is 5.11 Å². The molecule has 0 heterocycles. The molecule has 1 aliphatic rings. The summed E-state index contributed by atoms with van der Waals surface area (Å²) in [5, 5.41) is 9.18. The van der Waals surface area contributed by atoms with Gasteiger partial charge in [-0.1, -0.05) is 20.8 Å². The number of hydrogen-bond donors (Lipinski definition) is 2. The number of hydrogen-bond acceptors (Lipinski definition) is 2. The lowest BCUT2D eigenvalue weighted by Gasteiger charge is -2.44. The summed E-state index contributed by atoms with van der Waals surface area (Å²) in [5.41, 5.74) is 6.06. The fourth-order valence-corrected chi connectivity index (χ4v) is 2.93. The van der Waals surface area contributed by atoms with Gasteiger partial charge in [0.15, 0.2) is 0 Å². The lowest BCUT2D eigenvalue weighted by Crippen LogP contribution is -2.51. The fourth-order valence-electron chi connectivity index (χ4n) is 2.93. The van der Waals surface area contributed by atoms with E-state index in [1.54, 1.807) is 0 Å². The first kappa shape index (κ1) is 10.0. The molecule has 0 aromatic heterocycles. The topological polar surface area (TPSA) is 46.2 Å². The molecule has 0 radical (unpaired) electrons. The van der Waals surface area contributed by atoms with Crippen molar-refractivity contribution in [3.63, 3.8) is 0 Å². The van der Waals surface area contributed by atoms with Crippen LogP contribution in [0, 0.1) is 11.3 Å². The maximum atomic E-state index is 9.18. The molecule has 0 unspecified atom stereocenters. The second-order valence-corrected chi connectivity index (χ2v) is 5.37. The largest absolute Gasteiger partial charge is 0.394 e. The van der Waals surface area contributed by atoms with Crippen molar-refractivity contribution in [1.29, 1.82) is 0 Å². The minimum absolute atomic E-state index is 0.126. The minimum Gasteiger partial charge on any atom is -0.394 e. The third kappa shape index (κ3) is 2.20. The summed E-state index contributed by atoms with van der Waals surface area (Å²) in [7, 11) is 0. The Morgan fingerprint density at radius 3 is 2.42 bits per heavy atom. The van der Waals surface area contributed by atoms with Crippen LogP contribution in [0.5, 0.6) is 0 Å². The van der Waals surface area contributed by atoms with Crippen molar-refractivity contribution in [3.8, 4) is 0 Å². The molecular weight excluding hydrogens is 150 g/mol. The number of aliphatic hydroxyl groups is 1. The van der Waals surface area contributed by atoms with E-state index in [-0.39, 0.29) is 12.1 Å². The zero-order valence-electron chi connectivity index (χ0n) is 8.43. The monoisotopic (exact) mass is 171 g/mol. The van der Waals surface area contributed by atoms with Crippen LogP contribution in [0.1, 0.15) is 40.0 Å². The molecule has 1 saturated carbocycles. The van der Waals surface area contributed by atoms with E-state index < -0.39 is 0 Å². The highest BCUT2D eigenvalue weighted by molar-refractivity contribution is 4.96. The molecule has 2 atom stereocenters. The van der Waals surface area contributed by atoms with Gasteiger partial charge in [0.2, 0.25) is 0 Å². The fraction of sp³-hybridized carbons (Fsp3) is 1.00. The summed E-state index contributed by atoms with van der Waals surface area (Å²) >= 11 is 0. The molecule has 0 saturated heterocycles. The Morgan fingerprint density at radius 2 is 2.00 bits per heavy atom. The Balaban J connectivity index is 2.70. The van der Waals surface area contributed by atoms with Gasteiger partial charge in [-0.15, -0.1) is 0 Å². The van der Waals surface area contributed by atoms with Crippen molar-refractivity contribution < 1.29 is 5.11 Å². The summed E-state index contributed by atoms with van der Waals surface area (Å²) in [4.78, 5) is 0. The van der Waals surface area contributed by atoms with Gasteiger partial charge in [0, 0.05) is 5.54 Å². The first-order valence-electron chi connectivity index (χ1n) is 4.77. The van der Waals surface area contributed by atoms with Crippen molar-refractivity contribution in [2.45, 2.75) is 45.6 Å². The van der Waals surface area contributed by atoms with Crippen LogP contribution in [0.2, 0.25) is 0 Å². The molecule has 1 fully saturated rings. The van der Waals surface area contributed by atoms with Crippen molar-refractivity contribution in [2.75, 3.05) is 6.61 Å². The van der Waals surface area contributed by atoms with Gasteiger partial charge in [-0.05, 0) is 30.6 Å². The second-order valence-electron chi connectivity index (χ2n) is 5.37. The molecule has 2 nitrogen and oxygen atoms in total. The number of aliphatic hydroxyl groups excluding tert-OH is 1. The van der Waals surface area contributed by atoms with Crippen LogP contribution in [0.15, 0.2) is 0 Å². The quantitative estimate of drug-likeness (QED) is 0.628. The van der Waals surface area contributed by atoms with Gasteiger partial charge >= 0.3 is 0 Å². The average Bonchev–Trinajstić information content (AvgIpc) is 1.82. The van der Waals surface area contributed by atoms with Crippen molar-refractivity contribution in [3.05, 3.63) is 0 Å². The van der Waals surface area contributed by atoms with E-state index in [0.717, 1.165) is 12.8 Å². The molecule has 12 heavy (non-hydrogen) atoms. The Hall–Kier alpha value is -0.0800. The molecule has 0 spiro atoms. The molecule has 0 bridgehead atoms. The van der Waals surface area contributed by atoms with E-state index in [1.807, 2.05) is 0 Å². The summed E-state index contributed by atoms with van der Waals surface area (Å²) in [6.45, 7) is 6.82. The maximum absolute atomic E-state index is 9.18. The molecule has 3 N–H and O–H groups in total. The summed E-state index contributed by atoms with van der Waals surface area (Å²) in [6, 6.07) is 0. The first-order valence-corrected chi connectivity index (χ1v) is 4.77. The Morgan fingerprint density at radius 1 is 1.42 bits per heavy atom. The Labute approximate surface area is 75.2 Å². The summed E-state index contributed by atoms with van der Waals surface area (Å²) in [5.74, 6) is 0.644. The van der Waals surface area contributed by atoms with E-state index in [4.69, 9.17) is 5.73 Å². The van der Waals surface area contributed by atoms with Crippen molar-refractivity contribution >= 4 is 0 Å². The van der Waals surface area contributed by atoms with Gasteiger partial charge in [0.1, 0.15) is 0 Å². The zero-order valence-corrected chi connectivity index (χ0v) is 8.43. The minimum atomic E-state index is -0.318. The van der Waals surface area contributed by atoms with Gasteiger partial charge in [-0.25, -0.2) is 0 Å². The first-order chi connectivity index (χ1) is 5.37. The van der Waals surface area contributed by atoms with Gasteiger partial charge in [0.05, 0.1) is 6.61 Å². The van der Waals surface area contributed by atoms with E-state index >= 15 is 0 Å². The SMILES string of the molecule is C[C@@H]1CC(C)(C)C[C@@](N)(CO)C1. The highest BCUT2D eigenvalue weighted by atomic mass is 16.3. The standard InChI is InChI=1S/C10H21NO/c1-8-4-9(2,3)6-10(11,5-8)7-12/h8,12H,4-7,11H2,1-3H3/t8-,10-/m1/s1. The smallest absolute Gasteiger partial charge is 0.0611 e. The molecule has 1 aliphatic carbocycles. The molecule has 0 amide bonds. The van der Waals surface area contributed by atoms with Crippen LogP contribution >= 0.6 is 0 Å². The third-order valence-corrected chi connectivity index (χ3v) is 2.80. The highest BCUT2D eigenvalue weighted by Crippen LogP contribution is 2.42. The third-order valence-electron chi connectivity index (χ3n) is 2.80. The second kappa shape index (κ2) is 3.00. The average molecular weight is 171 g/mol. The summed E-state index contributed by atoms with van der Waals surface area (Å²) in [6.07, 6.45) is 3.14. The molecular formula is C10H21NO. The Bertz CT molecular complexity index is 167. The normalized spacial score (nSPS) is 41.2. The van der Waals surface area contributed by atoms with Gasteiger partial charge in [0.25, 0.3) is 0 Å². The van der Waals surface area contributed by atoms with Gasteiger partial charge in [-0.3, -0.25) is 0 Å². The van der Waals surface area contributed by atoms with E-state index in [0.29, 0.717) is 11.3 Å². The van der Waals surface area contributed by atoms with Crippen LogP contribution in [0.3, 0.4) is 0 Å². The van der Waals surface area contributed by atoms with Crippen LogP contribution in [-0.4, -0.2) is 17.3 Å². The zero-order chi connectivity index (χ0) is 9.41. The molecule has 2 heteroatoms. The number of rotatable bonds is 1. The van der Waals surface area contributed by atoms with E-state index in [1.165, 1.54) is 6.42 Å². The van der Waals surface area contributed by atoms with Crippen LogP contribution in [0.4, 0.5) is 0 Å². The molecule has 72 valence electrons. The van der Waals surface area contributed by atoms with Crippen LogP contribution in [-0.2, 0) is 0 Å². The van der Waals surface area contributed by atoms with Crippen molar-refractivity contribution in [2.24, 2.45) is 17.1 Å². The highest BCUT2D eigenvalue weighted by Gasteiger charge is 2.39. The van der Waals surface area contributed by atoms with Crippen molar-refractivity contribution in [1.82, 2.24) is 0 Å². The van der Waals surface area contributed by atoms with Crippen LogP contribution in [0.25, 0.3) is 0 Å². The van der Waals surface area contributed by atoms with Crippen LogP contribution < -0.4 is 5.73 Å². The lowest BCUT2D eigenvalue weighted by molar-refractivity contribution is 0.0622. The molecule has 1 rings (SSSR count). The number of nitrogens with two attached hydrogens (primary N) is 1. The lowest BCUT2D eigenvalue weighted by atomic mass is 9.65. The Kier molecular flexibility index (Phi) is 2.50. The predicted octanol–water partition coefficient (Wildman–Crippen LogP) is 1.52. The van der Waals surface area contributed by atoms with Gasteiger partial charge < -0.3 is 10.8 Å². The maximum Gasteiger partial charge on any atom is 0.0611 e. The summed E-state index contributed by atoms with van der Waals surface area (Å²) < 4.78 is 0. The van der Waals surface area contributed by atoms with Gasteiger partial charge in [-0.2, -0.15) is 0 Å².